The van der Waals surface area contributed by atoms with E-state index >= 15 is 0 Å². The number of hydrogen-bond acceptors (Lipinski definition) is 6. The fourth-order valence-corrected chi connectivity index (χ4v) is 4.56. The topological polar surface area (TPSA) is 94.2 Å². The first kappa shape index (κ1) is 18.7. The molecular formula is C19H20N2O6S. The Morgan fingerprint density at radius 1 is 1.00 bits per heavy atom. The number of rotatable bonds is 5. The lowest BCUT2D eigenvalue weighted by atomic mass is 10.1. The molecule has 1 N–H and O–H groups in total. The van der Waals surface area contributed by atoms with Gasteiger partial charge in [-0.15, -0.1) is 0 Å². The Kier molecular flexibility index (Phi) is 5.21. The molecule has 148 valence electrons. The van der Waals surface area contributed by atoms with Gasteiger partial charge in [0, 0.05) is 30.4 Å². The summed E-state index contributed by atoms with van der Waals surface area (Å²) in [5.74, 6) is 0.837. The van der Waals surface area contributed by atoms with Gasteiger partial charge in [-0.2, -0.15) is 4.31 Å². The van der Waals surface area contributed by atoms with Gasteiger partial charge in [-0.05, 0) is 29.8 Å². The smallest absolute Gasteiger partial charge is 0.255 e. The van der Waals surface area contributed by atoms with E-state index in [-0.39, 0.29) is 18.5 Å². The maximum Gasteiger partial charge on any atom is 0.255 e. The lowest BCUT2D eigenvalue weighted by Crippen LogP contribution is -2.41. The number of carbonyl (C=O) groups excluding carboxylic acids is 1. The first-order valence-electron chi connectivity index (χ1n) is 8.87. The molecule has 2 aromatic rings. The second-order valence-corrected chi connectivity index (χ2v) is 8.46. The van der Waals surface area contributed by atoms with Crippen molar-refractivity contribution < 1.29 is 27.4 Å². The van der Waals surface area contributed by atoms with Crippen LogP contribution in [0.25, 0.3) is 0 Å². The van der Waals surface area contributed by atoms with E-state index in [9.17, 15) is 13.2 Å². The van der Waals surface area contributed by atoms with Gasteiger partial charge in [0.15, 0.2) is 11.5 Å². The number of carbonyl (C=O) groups is 1. The number of anilines is 1. The van der Waals surface area contributed by atoms with Crippen LogP contribution in [0, 0.1) is 0 Å². The lowest BCUT2D eigenvalue weighted by molar-refractivity contribution is 0.0729. The van der Waals surface area contributed by atoms with Gasteiger partial charge in [0.2, 0.25) is 16.8 Å². The Labute approximate surface area is 163 Å². The Hall–Kier alpha value is -2.62. The monoisotopic (exact) mass is 404 g/mol. The molecule has 0 atom stereocenters. The van der Waals surface area contributed by atoms with Crippen LogP contribution in [0.3, 0.4) is 0 Å². The zero-order valence-electron chi connectivity index (χ0n) is 15.1. The number of benzene rings is 2. The van der Waals surface area contributed by atoms with Crippen LogP contribution in [0.4, 0.5) is 5.69 Å². The van der Waals surface area contributed by atoms with Crippen LogP contribution in [0.1, 0.15) is 15.9 Å². The van der Waals surface area contributed by atoms with E-state index in [0.717, 1.165) is 0 Å². The summed E-state index contributed by atoms with van der Waals surface area (Å²) in [7, 11) is -3.40. The molecular weight excluding hydrogens is 384 g/mol. The zero-order valence-corrected chi connectivity index (χ0v) is 15.9. The summed E-state index contributed by atoms with van der Waals surface area (Å²) >= 11 is 0. The van der Waals surface area contributed by atoms with Gasteiger partial charge < -0.3 is 19.5 Å². The Bertz CT molecular complexity index is 968. The SMILES string of the molecule is O=C(Nc1ccc2c(c1)OCO2)c1ccc(CS(=O)(=O)N2CCOCC2)cc1. The molecule has 8 nitrogen and oxygen atoms in total. The van der Waals surface area contributed by atoms with Crippen molar-refractivity contribution in [3.8, 4) is 11.5 Å². The number of morpholine rings is 1. The number of fused-ring (bicyclic) bond motifs is 1. The molecule has 1 amide bonds. The molecule has 28 heavy (non-hydrogen) atoms. The van der Waals surface area contributed by atoms with Crippen LogP contribution >= 0.6 is 0 Å². The molecule has 0 bridgehead atoms. The first-order valence-corrected chi connectivity index (χ1v) is 10.5. The molecule has 2 aliphatic rings. The van der Waals surface area contributed by atoms with Gasteiger partial charge in [0.05, 0.1) is 19.0 Å². The molecule has 2 aromatic carbocycles. The van der Waals surface area contributed by atoms with Gasteiger partial charge in [0.25, 0.3) is 5.91 Å². The molecule has 0 aliphatic carbocycles. The zero-order chi connectivity index (χ0) is 19.6. The number of ether oxygens (including phenoxy) is 3. The van der Waals surface area contributed by atoms with Crippen LogP contribution in [-0.4, -0.2) is 51.7 Å². The average molecular weight is 404 g/mol. The highest BCUT2D eigenvalue weighted by atomic mass is 32.2. The van der Waals surface area contributed by atoms with Gasteiger partial charge in [-0.3, -0.25) is 4.79 Å². The summed E-state index contributed by atoms with van der Waals surface area (Å²) in [6.07, 6.45) is 0. The minimum atomic E-state index is -3.40. The number of hydrogen-bond donors (Lipinski definition) is 1. The third kappa shape index (κ3) is 4.11. The summed E-state index contributed by atoms with van der Waals surface area (Å²) in [6.45, 7) is 1.74. The largest absolute Gasteiger partial charge is 0.454 e. The molecule has 0 saturated carbocycles. The minimum absolute atomic E-state index is 0.100. The van der Waals surface area contributed by atoms with Gasteiger partial charge in [-0.25, -0.2) is 8.42 Å². The molecule has 2 aliphatic heterocycles. The second kappa shape index (κ2) is 7.78. The molecule has 1 saturated heterocycles. The highest BCUT2D eigenvalue weighted by Gasteiger charge is 2.24. The molecule has 0 radical (unpaired) electrons. The van der Waals surface area contributed by atoms with E-state index in [1.807, 2.05) is 0 Å². The predicted octanol–water partition coefficient (Wildman–Crippen LogP) is 1.83. The van der Waals surface area contributed by atoms with Crippen LogP contribution < -0.4 is 14.8 Å². The van der Waals surface area contributed by atoms with Crippen molar-refractivity contribution in [2.75, 3.05) is 38.4 Å². The number of amides is 1. The number of nitrogens with zero attached hydrogens (tertiary/aromatic N) is 1. The van der Waals surface area contributed by atoms with Gasteiger partial charge >= 0.3 is 0 Å². The average Bonchev–Trinajstić information content (AvgIpc) is 3.17. The summed E-state index contributed by atoms with van der Waals surface area (Å²) in [4.78, 5) is 12.4. The van der Waals surface area contributed by atoms with Crippen molar-refractivity contribution in [1.29, 1.82) is 0 Å². The highest BCUT2D eigenvalue weighted by molar-refractivity contribution is 7.88. The van der Waals surface area contributed by atoms with Gasteiger partial charge in [-0.1, -0.05) is 12.1 Å². The third-order valence-corrected chi connectivity index (χ3v) is 6.41. The van der Waals surface area contributed by atoms with E-state index in [1.165, 1.54) is 4.31 Å². The third-order valence-electron chi connectivity index (χ3n) is 4.56. The first-order chi connectivity index (χ1) is 13.5. The van der Waals surface area contributed by atoms with Crippen molar-refractivity contribution >= 4 is 21.6 Å². The van der Waals surface area contributed by atoms with Crippen molar-refractivity contribution in [3.05, 3.63) is 53.6 Å². The van der Waals surface area contributed by atoms with Crippen molar-refractivity contribution in [2.24, 2.45) is 0 Å². The molecule has 2 heterocycles. The van der Waals surface area contributed by atoms with Crippen LogP contribution in [0.15, 0.2) is 42.5 Å². The van der Waals surface area contributed by atoms with E-state index in [1.54, 1.807) is 42.5 Å². The maximum absolute atomic E-state index is 12.5. The summed E-state index contributed by atoms with van der Waals surface area (Å²) in [5.41, 5.74) is 1.66. The normalized spacial score (nSPS) is 16.7. The van der Waals surface area contributed by atoms with Crippen LogP contribution in [0.5, 0.6) is 11.5 Å². The Balaban J connectivity index is 1.40. The maximum atomic E-state index is 12.5. The predicted molar refractivity (Wildman–Crippen MR) is 102 cm³/mol. The number of nitrogens with one attached hydrogen (secondary N) is 1. The van der Waals surface area contributed by atoms with Gasteiger partial charge in [0.1, 0.15) is 0 Å². The van der Waals surface area contributed by atoms with E-state index in [0.29, 0.717) is 54.6 Å². The van der Waals surface area contributed by atoms with Crippen LogP contribution in [-0.2, 0) is 20.5 Å². The minimum Gasteiger partial charge on any atom is -0.454 e. The highest BCUT2D eigenvalue weighted by Crippen LogP contribution is 2.34. The van der Waals surface area contributed by atoms with E-state index < -0.39 is 10.0 Å². The van der Waals surface area contributed by atoms with Crippen molar-refractivity contribution in [1.82, 2.24) is 4.31 Å². The summed E-state index contributed by atoms with van der Waals surface area (Å²) in [5, 5.41) is 2.79. The van der Waals surface area contributed by atoms with E-state index in [4.69, 9.17) is 14.2 Å². The summed E-state index contributed by atoms with van der Waals surface area (Å²) in [6, 6.07) is 11.7. The van der Waals surface area contributed by atoms with Crippen molar-refractivity contribution in [2.45, 2.75) is 5.75 Å². The fourth-order valence-electron chi connectivity index (χ4n) is 3.06. The summed E-state index contributed by atoms with van der Waals surface area (Å²) < 4.78 is 42.1. The molecule has 0 aromatic heterocycles. The van der Waals surface area contributed by atoms with Crippen molar-refractivity contribution in [3.63, 3.8) is 0 Å². The number of sulfonamides is 1. The quantitative estimate of drug-likeness (QED) is 0.817. The second-order valence-electron chi connectivity index (χ2n) is 6.49. The fraction of sp³-hybridized carbons (Fsp3) is 0.316. The Morgan fingerprint density at radius 3 is 2.46 bits per heavy atom. The molecule has 0 unspecified atom stereocenters. The molecule has 1 fully saturated rings. The Morgan fingerprint density at radius 2 is 1.71 bits per heavy atom. The van der Waals surface area contributed by atoms with Crippen LogP contribution in [0.2, 0.25) is 0 Å². The van der Waals surface area contributed by atoms with E-state index in [2.05, 4.69) is 5.32 Å². The molecule has 0 spiro atoms. The lowest BCUT2D eigenvalue weighted by Gasteiger charge is -2.26. The standard InChI is InChI=1S/C19H20N2O6S/c22-19(20-16-5-6-17-18(11-16)27-13-26-17)15-3-1-14(2-4-15)12-28(23,24)21-7-9-25-10-8-21/h1-6,11H,7-10,12-13H2,(H,20,22). The molecule has 4 rings (SSSR count). The molecule has 9 heteroatoms.